The molecule has 120 valence electrons. The number of benzene rings is 1. The number of hydrogen-bond donors (Lipinski definition) is 1. The molecule has 1 aromatic carbocycles. The lowest BCUT2D eigenvalue weighted by Gasteiger charge is -2.26. The van der Waals surface area contributed by atoms with E-state index in [1.165, 1.54) is 56.9 Å². The Morgan fingerprint density at radius 2 is 1.52 bits per heavy atom. The van der Waals surface area contributed by atoms with E-state index in [-0.39, 0.29) is 0 Å². The van der Waals surface area contributed by atoms with E-state index in [4.69, 9.17) is 0 Å². The molecule has 2 unspecified atom stereocenters. The molecule has 0 aromatic heterocycles. The van der Waals surface area contributed by atoms with Crippen LogP contribution in [0.15, 0.2) is 30.3 Å². The van der Waals surface area contributed by atoms with E-state index in [0.717, 1.165) is 6.54 Å². The first-order valence-electron chi connectivity index (χ1n) is 9.07. The van der Waals surface area contributed by atoms with Crippen LogP contribution in [0.3, 0.4) is 0 Å². The Bertz CT molecular complexity index is 333. The van der Waals surface area contributed by atoms with Crippen LogP contribution in [0.25, 0.3) is 0 Å². The molecule has 2 atom stereocenters. The van der Waals surface area contributed by atoms with Crippen molar-refractivity contribution in [1.82, 2.24) is 5.32 Å². The topological polar surface area (TPSA) is 12.0 Å². The van der Waals surface area contributed by atoms with E-state index >= 15 is 0 Å². The van der Waals surface area contributed by atoms with Gasteiger partial charge >= 0.3 is 0 Å². The molecule has 21 heavy (non-hydrogen) atoms. The van der Waals surface area contributed by atoms with Crippen molar-refractivity contribution in [2.75, 3.05) is 6.54 Å². The fourth-order valence-electron chi connectivity index (χ4n) is 2.99. The quantitative estimate of drug-likeness (QED) is 0.472. The molecule has 0 radical (unpaired) electrons. The Morgan fingerprint density at radius 1 is 0.857 bits per heavy atom. The van der Waals surface area contributed by atoms with Crippen LogP contribution in [-0.4, -0.2) is 12.6 Å². The first-order chi connectivity index (χ1) is 10.3. The summed E-state index contributed by atoms with van der Waals surface area (Å²) in [6.45, 7) is 8.05. The van der Waals surface area contributed by atoms with Crippen molar-refractivity contribution in [2.24, 2.45) is 0 Å². The van der Waals surface area contributed by atoms with Crippen LogP contribution in [0, 0.1) is 0 Å². The summed E-state index contributed by atoms with van der Waals surface area (Å²) >= 11 is 0. The fourth-order valence-corrected chi connectivity index (χ4v) is 2.99. The van der Waals surface area contributed by atoms with E-state index in [2.05, 4.69) is 56.4 Å². The van der Waals surface area contributed by atoms with Gasteiger partial charge in [0.05, 0.1) is 0 Å². The predicted octanol–water partition coefficient (Wildman–Crippen LogP) is 5.91. The third-order valence-corrected chi connectivity index (χ3v) is 4.45. The summed E-state index contributed by atoms with van der Waals surface area (Å²) in [5, 5.41) is 3.77. The minimum absolute atomic E-state index is 0.605. The molecule has 0 saturated carbocycles. The maximum Gasteiger partial charge on any atom is 0.0133 e. The van der Waals surface area contributed by atoms with Gasteiger partial charge < -0.3 is 5.32 Å². The van der Waals surface area contributed by atoms with Crippen LogP contribution < -0.4 is 5.32 Å². The van der Waals surface area contributed by atoms with E-state index in [0.29, 0.717) is 12.0 Å². The van der Waals surface area contributed by atoms with Gasteiger partial charge in [-0.2, -0.15) is 0 Å². The van der Waals surface area contributed by atoms with Gasteiger partial charge in [-0.05, 0) is 30.9 Å². The van der Waals surface area contributed by atoms with E-state index in [1.54, 1.807) is 0 Å². The highest BCUT2D eigenvalue weighted by Gasteiger charge is 2.17. The Kier molecular flexibility index (Phi) is 10.2. The van der Waals surface area contributed by atoms with Gasteiger partial charge in [0.25, 0.3) is 0 Å². The van der Waals surface area contributed by atoms with Crippen molar-refractivity contribution in [1.29, 1.82) is 0 Å². The average Bonchev–Trinajstić information content (AvgIpc) is 2.53. The Hall–Kier alpha value is -0.820. The number of nitrogens with one attached hydrogen (secondary N) is 1. The van der Waals surface area contributed by atoms with Gasteiger partial charge in [-0.3, -0.25) is 0 Å². The first kappa shape index (κ1) is 18.2. The standard InChI is InChI=1S/C20H35N/c1-4-6-7-8-9-13-16-20(21-17-5-2)18(3)19-14-11-10-12-15-19/h10-12,14-15,18,20-21H,4-9,13,16-17H2,1-3H3. The summed E-state index contributed by atoms with van der Waals surface area (Å²) < 4.78 is 0. The molecule has 0 heterocycles. The Morgan fingerprint density at radius 3 is 2.19 bits per heavy atom. The normalized spacial score (nSPS) is 14.0. The summed E-state index contributed by atoms with van der Waals surface area (Å²) in [5.74, 6) is 0.605. The molecule has 1 heteroatoms. The van der Waals surface area contributed by atoms with E-state index < -0.39 is 0 Å². The molecule has 1 aromatic rings. The highest BCUT2D eigenvalue weighted by molar-refractivity contribution is 5.20. The van der Waals surface area contributed by atoms with Gasteiger partial charge in [-0.1, -0.05) is 89.6 Å². The SMILES string of the molecule is CCCCCCCCC(NCCC)C(C)c1ccccc1. The lowest BCUT2D eigenvalue weighted by Crippen LogP contribution is -2.34. The summed E-state index contributed by atoms with van der Waals surface area (Å²) in [4.78, 5) is 0. The van der Waals surface area contributed by atoms with Crippen LogP contribution in [0.1, 0.15) is 83.6 Å². The molecule has 1 N–H and O–H groups in total. The minimum atomic E-state index is 0.605. The number of rotatable bonds is 12. The van der Waals surface area contributed by atoms with Crippen LogP contribution in [-0.2, 0) is 0 Å². The van der Waals surface area contributed by atoms with E-state index in [1.807, 2.05) is 0 Å². The van der Waals surface area contributed by atoms with Crippen molar-refractivity contribution in [2.45, 2.75) is 84.1 Å². The minimum Gasteiger partial charge on any atom is -0.313 e. The van der Waals surface area contributed by atoms with Gasteiger partial charge in [-0.25, -0.2) is 0 Å². The summed E-state index contributed by atoms with van der Waals surface area (Å²) in [6.07, 6.45) is 10.8. The van der Waals surface area contributed by atoms with Gasteiger partial charge in [0.15, 0.2) is 0 Å². The smallest absolute Gasteiger partial charge is 0.0133 e. The lowest BCUT2D eigenvalue weighted by atomic mass is 9.89. The molecule has 0 fully saturated rings. The molecule has 1 nitrogen and oxygen atoms in total. The van der Waals surface area contributed by atoms with Crippen molar-refractivity contribution in [3.8, 4) is 0 Å². The molecule has 0 aliphatic rings. The highest BCUT2D eigenvalue weighted by atomic mass is 14.9. The molecule has 1 rings (SSSR count). The molecular formula is C20H35N. The van der Waals surface area contributed by atoms with Gasteiger partial charge in [0.1, 0.15) is 0 Å². The highest BCUT2D eigenvalue weighted by Crippen LogP contribution is 2.23. The fraction of sp³-hybridized carbons (Fsp3) is 0.700. The first-order valence-corrected chi connectivity index (χ1v) is 9.07. The number of hydrogen-bond acceptors (Lipinski definition) is 1. The van der Waals surface area contributed by atoms with Crippen molar-refractivity contribution < 1.29 is 0 Å². The molecule has 0 bridgehead atoms. The second kappa shape index (κ2) is 11.8. The Labute approximate surface area is 132 Å². The molecule has 0 aliphatic heterocycles. The zero-order valence-electron chi connectivity index (χ0n) is 14.4. The van der Waals surface area contributed by atoms with Crippen LogP contribution in [0.2, 0.25) is 0 Å². The summed E-state index contributed by atoms with van der Waals surface area (Å²) in [6, 6.07) is 11.6. The summed E-state index contributed by atoms with van der Waals surface area (Å²) in [7, 11) is 0. The molecular weight excluding hydrogens is 254 g/mol. The third kappa shape index (κ3) is 7.66. The second-order valence-corrected chi connectivity index (χ2v) is 6.32. The average molecular weight is 290 g/mol. The molecule has 0 spiro atoms. The van der Waals surface area contributed by atoms with Crippen molar-refractivity contribution in [3.63, 3.8) is 0 Å². The van der Waals surface area contributed by atoms with E-state index in [9.17, 15) is 0 Å². The van der Waals surface area contributed by atoms with Crippen LogP contribution >= 0.6 is 0 Å². The zero-order valence-corrected chi connectivity index (χ0v) is 14.4. The lowest BCUT2D eigenvalue weighted by molar-refractivity contribution is 0.405. The third-order valence-electron chi connectivity index (χ3n) is 4.45. The maximum absolute atomic E-state index is 3.77. The zero-order chi connectivity index (χ0) is 15.3. The summed E-state index contributed by atoms with van der Waals surface area (Å²) in [5.41, 5.74) is 1.47. The Balaban J connectivity index is 2.40. The maximum atomic E-state index is 3.77. The van der Waals surface area contributed by atoms with Crippen LogP contribution in [0.4, 0.5) is 0 Å². The van der Waals surface area contributed by atoms with Gasteiger partial charge in [0.2, 0.25) is 0 Å². The predicted molar refractivity (Wildman–Crippen MR) is 94.9 cm³/mol. The number of unbranched alkanes of at least 4 members (excludes halogenated alkanes) is 5. The second-order valence-electron chi connectivity index (χ2n) is 6.32. The molecule has 0 saturated heterocycles. The molecule has 0 aliphatic carbocycles. The van der Waals surface area contributed by atoms with Crippen molar-refractivity contribution >= 4 is 0 Å². The van der Waals surface area contributed by atoms with Gasteiger partial charge in [-0.15, -0.1) is 0 Å². The molecule has 0 amide bonds. The van der Waals surface area contributed by atoms with Crippen molar-refractivity contribution in [3.05, 3.63) is 35.9 Å². The largest absolute Gasteiger partial charge is 0.313 e. The van der Waals surface area contributed by atoms with Gasteiger partial charge in [0, 0.05) is 6.04 Å². The monoisotopic (exact) mass is 289 g/mol. The van der Waals surface area contributed by atoms with Crippen LogP contribution in [0.5, 0.6) is 0 Å².